The summed E-state index contributed by atoms with van der Waals surface area (Å²) in [5, 5.41) is 8.87. The highest BCUT2D eigenvalue weighted by Gasteiger charge is 2.47. The third-order valence-electron chi connectivity index (χ3n) is 3.71. The standard InChI is InChI=1S/C15H12N4/c1-5-16-6-2-10(1)14-12-9-13(12)15(19-18-14)11-3-7-17-8-4-11/h1-8,12-13H,9H2/t12-,13+. The largest absolute Gasteiger partial charge is 0.265 e. The van der Waals surface area contributed by atoms with Gasteiger partial charge in [0.05, 0.1) is 11.4 Å². The molecule has 0 amide bonds. The predicted molar refractivity (Wildman–Crippen MR) is 73.1 cm³/mol. The number of fused-ring (bicyclic) bond motifs is 1. The van der Waals surface area contributed by atoms with Crippen LogP contribution in [0, 0.1) is 11.8 Å². The van der Waals surface area contributed by atoms with E-state index in [9.17, 15) is 0 Å². The molecule has 1 saturated carbocycles. The van der Waals surface area contributed by atoms with Gasteiger partial charge in [0, 0.05) is 47.8 Å². The fourth-order valence-corrected chi connectivity index (χ4v) is 2.64. The first-order chi connectivity index (χ1) is 9.43. The number of pyridine rings is 2. The van der Waals surface area contributed by atoms with E-state index in [1.807, 2.05) is 24.3 Å². The summed E-state index contributed by atoms with van der Waals surface area (Å²) in [6.07, 6.45) is 8.35. The number of aromatic nitrogens is 2. The summed E-state index contributed by atoms with van der Waals surface area (Å²) in [7, 11) is 0. The first-order valence-electron chi connectivity index (χ1n) is 6.40. The molecule has 2 atom stereocenters. The molecule has 0 radical (unpaired) electrons. The van der Waals surface area contributed by atoms with E-state index in [-0.39, 0.29) is 0 Å². The maximum atomic E-state index is 4.44. The summed E-state index contributed by atoms with van der Waals surface area (Å²) in [5.74, 6) is 1.03. The summed E-state index contributed by atoms with van der Waals surface area (Å²) < 4.78 is 0. The molecule has 0 N–H and O–H groups in total. The van der Waals surface area contributed by atoms with Crippen molar-refractivity contribution >= 4 is 11.4 Å². The summed E-state index contributed by atoms with van der Waals surface area (Å²) in [6.45, 7) is 0. The first-order valence-corrected chi connectivity index (χ1v) is 6.40. The van der Waals surface area contributed by atoms with Crippen LogP contribution in [0.2, 0.25) is 0 Å². The molecule has 4 nitrogen and oxygen atoms in total. The molecule has 0 bridgehead atoms. The van der Waals surface area contributed by atoms with Crippen LogP contribution < -0.4 is 0 Å². The van der Waals surface area contributed by atoms with Crippen LogP contribution in [0.5, 0.6) is 0 Å². The van der Waals surface area contributed by atoms with Crippen molar-refractivity contribution in [3.63, 3.8) is 0 Å². The van der Waals surface area contributed by atoms with E-state index < -0.39 is 0 Å². The van der Waals surface area contributed by atoms with Crippen molar-refractivity contribution in [2.24, 2.45) is 22.0 Å². The summed E-state index contributed by atoms with van der Waals surface area (Å²) in [6, 6.07) is 8.00. The lowest BCUT2D eigenvalue weighted by Crippen LogP contribution is -2.15. The fraction of sp³-hybridized carbons (Fsp3) is 0.200. The zero-order chi connectivity index (χ0) is 12.7. The van der Waals surface area contributed by atoms with E-state index in [2.05, 4.69) is 20.2 Å². The smallest absolute Gasteiger partial charge is 0.0741 e. The summed E-state index contributed by atoms with van der Waals surface area (Å²) in [5.41, 5.74) is 4.48. The number of hydrogen-bond donors (Lipinski definition) is 0. The van der Waals surface area contributed by atoms with Gasteiger partial charge in [0.25, 0.3) is 0 Å². The van der Waals surface area contributed by atoms with Crippen LogP contribution in [-0.4, -0.2) is 21.4 Å². The average molecular weight is 248 g/mol. The molecule has 0 aromatic carbocycles. The normalized spacial score (nSPS) is 24.2. The lowest BCUT2D eigenvalue weighted by molar-refractivity contribution is 0.997. The quantitative estimate of drug-likeness (QED) is 0.819. The van der Waals surface area contributed by atoms with Crippen LogP contribution >= 0.6 is 0 Å². The van der Waals surface area contributed by atoms with Crippen molar-refractivity contribution in [2.45, 2.75) is 6.42 Å². The average Bonchev–Trinajstić information content (AvgIpc) is 3.28. The van der Waals surface area contributed by atoms with Gasteiger partial charge < -0.3 is 0 Å². The Balaban J connectivity index is 1.73. The van der Waals surface area contributed by atoms with Gasteiger partial charge in [0.2, 0.25) is 0 Å². The zero-order valence-electron chi connectivity index (χ0n) is 10.3. The number of rotatable bonds is 2. The van der Waals surface area contributed by atoms with Gasteiger partial charge in [-0.1, -0.05) is 0 Å². The van der Waals surface area contributed by atoms with Crippen LogP contribution in [0.25, 0.3) is 0 Å². The summed E-state index contributed by atoms with van der Waals surface area (Å²) in [4.78, 5) is 8.09. The van der Waals surface area contributed by atoms with Crippen LogP contribution in [0.15, 0.2) is 59.3 Å². The third-order valence-corrected chi connectivity index (χ3v) is 3.71. The second-order valence-electron chi connectivity index (χ2n) is 4.89. The molecule has 0 unspecified atom stereocenters. The van der Waals surface area contributed by atoms with Gasteiger partial charge in [-0.05, 0) is 30.7 Å². The topological polar surface area (TPSA) is 50.5 Å². The molecule has 2 aromatic rings. The minimum absolute atomic E-state index is 0.517. The Labute approximate surface area is 111 Å². The highest BCUT2D eigenvalue weighted by Crippen LogP contribution is 2.46. The molecule has 1 aliphatic heterocycles. The Hall–Kier alpha value is -2.36. The minimum atomic E-state index is 0.517. The lowest BCUT2D eigenvalue weighted by Gasteiger charge is -2.11. The first kappa shape index (κ1) is 10.6. The minimum Gasteiger partial charge on any atom is -0.265 e. The Morgan fingerprint density at radius 2 is 1.11 bits per heavy atom. The molecular weight excluding hydrogens is 236 g/mol. The molecule has 2 aromatic heterocycles. The second-order valence-corrected chi connectivity index (χ2v) is 4.89. The molecule has 1 aliphatic carbocycles. The van der Waals surface area contributed by atoms with Crippen molar-refractivity contribution in [2.75, 3.05) is 0 Å². The summed E-state index contributed by atoms with van der Waals surface area (Å²) >= 11 is 0. The maximum Gasteiger partial charge on any atom is 0.0741 e. The number of hydrogen-bond acceptors (Lipinski definition) is 4. The SMILES string of the molecule is c1cc(C2=NN=C(c3ccncc3)[C@@H]3C[C@H]23)ccn1. The van der Waals surface area contributed by atoms with Crippen LogP contribution in [0.3, 0.4) is 0 Å². The highest BCUT2D eigenvalue weighted by atomic mass is 15.2. The van der Waals surface area contributed by atoms with Crippen molar-refractivity contribution < 1.29 is 0 Å². The number of nitrogens with zero attached hydrogens (tertiary/aromatic N) is 4. The van der Waals surface area contributed by atoms with E-state index >= 15 is 0 Å². The molecule has 0 spiro atoms. The van der Waals surface area contributed by atoms with Crippen molar-refractivity contribution in [3.05, 3.63) is 60.2 Å². The van der Waals surface area contributed by atoms with E-state index in [1.165, 1.54) is 0 Å². The van der Waals surface area contributed by atoms with Gasteiger partial charge in [-0.2, -0.15) is 10.2 Å². The van der Waals surface area contributed by atoms with Crippen molar-refractivity contribution in [1.29, 1.82) is 0 Å². The molecule has 0 saturated heterocycles. The van der Waals surface area contributed by atoms with Gasteiger partial charge in [-0.15, -0.1) is 0 Å². The predicted octanol–water partition coefficient (Wildman–Crippen LogP) is 2.32. The van der Waals surface area contributed by atoms with E-state index in [0.29, 0.717) is 11.8 Å². The molecule has 4 rings (SSSR count). The Kier molecular flexibility index (Phi) is 2.27. The Bertz CT molecular complexity index is 602. The third kappa shape index (κ3) is 1.76. The molecule has 92 valence electrons. The van der Waals surface area contributed by atoms with Crippen molar-refractivity contribution in [3.8, 4) is 0 Å². The van der Waals surface area contributed by atoms with Gasteiger partial charge in [-0.3, -0.25) is 9.97 Å². The van der Waals surface area contributed by atoms with Gasteiger partial charge in [-0.25, -0.2) is 0 Å². The fourth-order valence-electron chi connectivity index (χ4n) is 2.64. The van der Waals surface area contributed by atoms with Crippen LogP contribution in [0.4, 0.5) is 0 Å². The second kappa shape index (κ2) is 4.09. The maximum absolute atomic E-state index is 4.44. The van der Waals surface area contributed by atoms with E-state index in [0.717, 1.165) is 29.0 Å². The van der Waals surface area contributed by atoms with Crippen molar-refractivity contribution in [1.82, 2.24) is 9.97 Å². The lowest BCUT2D eigenvalue weighted by atomic mass is 10.0. The molecule has 1 fully saturated rings. The zero-order valence-corrected chi connectivity index (χ0v) is 10.3. The van der Waals surface area contributed by atoms with Crippen LogP contribution in [0.1, 0.15) is 17.5 Å². The molecule has 4 heteroatoms. The molecule has 2 aliphatic rings. The van der Waals surface area contributed by atoms with E-state index in [4.69, 9.17) is 0 Å². The molecular formula is C15H12N4. The molecule has 19 heavy (non-hydrogen) atoms. The molecule has 3 heterocycles. The van der Waals surface area contributed by atoms with E-state index in [1.54, 1.807) is 24.8 Å². The van der Waals surface area contributed by atoms with Gasteiger partial charge >= 0.3 is 0 Å². The Morgan fingerprint density at radius 3 is 1.53 bits per heavy atom. The van der Waals surface area contributed by atoms with Crippen LogP contribution in [-0.2, 0) is 0 Å². The van der Waals surface area contributed by atoms with Gasteiger partial charge in [0.15, 0.2) is 0 Å². The van der Waals surface area contributed by atoms with Gasteiger partial charge in [0.1, 0.15) is 0 Å². The monoisotopic (exact) mass is 248 g/mol. The highest BCUT2D eigenvalue weighted by molar-refractivity contribution is 6.14. The Morgan fingerprint density at radius 1 is 0.684 bits per heavy atom.